The molecule has 1 unspecified atom stereocenters. The summed E-state index contributed by atoms with van der Waals surface area (Å²) in [6, 6.07) is 11.4. The van der Waals surface area contributed by atoms with Crippen molar-refractivity contribution >= 4 is 5.69 Å². The van der Waals surface area contributed by atoms with Gasteiger partial charge in [-0.15, -0.1) is 0 Å². The second kappa shape index (κ2) is 6.68. The van der Waals surface area contributed by atoms with E-state index in [9.17, 15) is 8.78 Å². The molecular weight excluding hydrogens is 270 g/mol. The summed E-state index contributed by atoms with van der Waals surface area (Å²) in [5.41, 5.74) is 2.55. The van der Waals surface area contributed by atoms with Crippen LogP contribution in [0.5, 0.6) is 0 Å². The number of benzene rings is 2. The smallest absolute Gasteiger partial charge is 0.131 e. The molecule has 21 heavy (non-hydrogen) atoms. The highest BCUT2D eigenvalue weighted by atomic mass is 19.1. The second-order valence-electron chi connectivity index (χ2n) is 5.43. The largest absolute Gasteiger partial charge is 0.378 e. The van der Waals surface area contributed by atoms with Crippen molar-refractivity contribution in [3.8, 4) is 0 Å². The van der Waals surface area contributed by atoms with E-state index in [4.69, 9.17) is 0 Å². The van der Waals surface area contributed by atoms with Crippen molar-refractivity contribution < 1.29 is 8.78 Å². The number of nitrogens with one attached hydrogen (secondary N) is 1. The lowest BCUT2D eigenvalue weighted by atomic mass is 10.1. The van der Waals surface area contributed by atoms with Gasteiger partial charge in [0, 0.05) is 23.9 Å². The van der Waals surface area contributed by atoms with Gasteiger partial charge in [0.25, 0.3) is 0 Å². The molecule has 0 radical (unpaired) electrons. The topological polar surface area (TPSA) is 15.3 Å². The number of halogens is 2. The maximum absolute atomic E-state index is 13.8. The summed E-state index contributed by atoms with van der Waals surface area (Å²) in [5.74, 6) is -1.09. The van der Waals surface area contributed by atoms with Crippen molar-refractivity contribution in [3.63, 3.8) is 0 Å². The molecule has 2 rings (SSSR count). The number of hydrogen-bond donors (Lipinski definition) is 1. The van der Waals surface area contributed by atoms with Crippen LogP contribution in [-0.2, 0) is 6.54 Å². The molecule has 0 aliphatic heterocycles. The monoisotopic (exact) mass is 290 g/mol. The van der Waals surface area contributed by atoms with Crippen LogP contribution < -0.4 is 5.32 Å². The van der Waals surface area contributed by atoms with Gasteiger partial charge in [0.1, 0.15) is 11.6 Å². The number of rotatable bonds is 5. The van der Waals surface area contributed by atoms with Crippen LogP contribution in [0.25, 0.3) is 0 Å². The molecule has 0 bridgehead atoms. The minimum absolute atomic E-state index is 0.242. The number of nitrogens with zero attached hydrogens (tertiary/aromatic N) is 1. The fourth-order valence-electron chi connectivity index (χ4n) is 2.30. The predicted octanol–water partition coefficient (Wildman–Crippen LogP) is 4.20. The fraction of sp³-hybridized carbons (Fsp3) is 0.294. The second-order valence-corrected chi connectivity index (χ2v) is 5.43. The highest BCUT2D eigenvalue weighted by Crippen LogP contribution is 2.25. The Morgan fingerprint density at radius 3 is 2.48 bits per heavy atom. The molecule has 0 saturated heterocycles. The first-order valence-electron chi connectivity index (χ1n) is 6.91. The Labute approximate surface area is 124 Å². The van der Waals surface area contributed by atoms with Crippen LogP contribution in [0.1, 0.15) is 24.1 Å². The molecule has 2 nitrogen and oxygen atoms in total. The van der Waals surface area contributed by atoms with Crippen LogP contribution in [0, 0.1) is 11.6 Å². The van der Waals surface area contributed by atoms with Gasteiger partial charge in [0.05, 0.1) is 6.04 Å². The number of hydrogen-bond acceptors (Lipinski definition) is 2. The molecule has 112 valence electrons. The molecule has 1 atom stereocenters. The van der Waals surface area contributed by atoms with E-state index in [-0.39, 0.29) is 6.04 Å². The maximum Gasteiger partial charge on any atom is 0.131 e. The predicted molar refractivity (Wildman–Crippen MR) is 82.2 cm³/mol. The highest BCUT2D eigenvalue weighted by Gasteiger charge is 2.13. The molecule has 4 heteroatoms. The first-order valence-corrected chi connectivity index (χ1v) is 6.91. The Morgan fingerprint density at radius 1 is 1.10 bits per heavy atom. The zero-order valence-corrected chi connectivity index (χ0v) is 12.5. The van der Waals surface area contributed by atoms with Gasteiger partial charge in [-0.3, -0.25) is 0 Å². The average molecular weight is 290 g/mol. The summed E-state index contributed by atoms with van der Waals surface area (Å²) >= 11 is 0. The summed E-state index contributed by atoms with van der Waals surface area (Å²) in [5, 5.41) is 3.30. The summed E-state index contributed by atoms with van der Waals surface area (Å²) in [7, 11) is 4.00. The molecule has 0 aromatic heterocycles. The van der Waals surface area contributed by atoms with Crippen LogP contribution >= 0.6 is 0 Å². The molecule has 0 saturated carbocycles. The van der Waals surface area contributed by atoms with Crippen molar-refractivity contribution in [1.29, 1.82) is 0 Å². The maximum atomic E-state index is 13.8. The first-order chi connectivity index (χ1) is 9.97. The van der Waals surface area contributed by atoms with E-state index in [1.807, 2.05) is 45.3 Å². The van der Waals surface area contributed by atoms with E-state index in [2.05, 4.69) is 10.2 Å². The molecule has 1 N–H and O–H groups in total. The summed E-state index contributed by atoms with van der Waals surface area (Å²) in [6.07, 6.45) is 0. The van der Waals surface area contributed by atoms with Crippen molar-refractivity contribution in [2.45, 2.75) is 19.5 Å². The van der Waals surface area contributed by atoms with Crippen molar-refractivity contribution in [2.75, 3.05) is 19.4 Å². The Morgan fingerprint density at radius 2 is 1.81 bits per heavy atom. The Bertz CT molecular complexity index is 611. The van der Waals surface area contributed by atoms with Crippen LogP contribution in [0.15, 0.2) is 42.5 Å². The summed E-state index contributed by atoms with van der Waals surface area (Å²) in [6.45, 7) is 2.66. The van der Waals surface area contributed by atoms with Crippen molar-refractivity contribution in [1.82, 2.24) is 4.90 Å². The van der Waals surface area contributed by atoms with E-state index in [1.54, 1.807) is 0 Å². The molecule has 0 aliphatic carbocycles. The third-order valence-electron chi connectivity index (χ3n) is 3.30. The van der Waals surface area contributed by atoms with Gasteiger partial charge < -0.3 is 10.2 Å². The van der Waals surface area contributed by atoms with Gasteiger partial charge in [0.2, 0.25) is 0 Å². The number of para-hydroxylation sites is 1. The quantitative estimate of drug-likeness (QED) is 0.888. The normalized spacial score (nSPS) is 12.5. The van der Waals surface area contributed by atoms with E-state index < -0.39 is 11.6 Å². The van der Waals surface area contributed by atoms with Gasteiger partial charge in [-0.2, -0.15) is 0 Å². The zero-order chi connectivity index (χ0) is 15.4. The molecule has 0 aliphatic rings. The van der Waals surface area contributed by atoms with Gasteiger partial charge in [0.15, 0.2) is 0 Å². The Hall–Kier alpha value is -1.94. The van der Waals surface area contributed by atoms with Gasteiger partial charge in [-0.05, 0) is 38.7 Å². The van der Waals surface area contributed by atoms with E-state index in [0.717, 1.165) is 23.9 Å². The SMILES string of the molecule is CC(Nc1ccccc1CN(C)C)c1ccc(F)cc1F. The summed E-state index contributed by atoms with van der Waals surface area (Å²) in [4.78, 5) is 2.07. The molecule has 0 fully saturated rings. The highest BCUT2D eigenvalue weighted by molar-refractivity contribution is 5.52. The Kier molecular flexibility index (Phi) is 4.91. The van der Waals surface area contributed by atoms with Crippen LogP contribution in [-0.4, -0.2) is 19.0 Å². The molecule has 2 aromatic rings. The third-order valence-corrected chi connectivity index (χ3v) is 3.30. The van der Waals surface area contributed by atoms with Gasteiger partial charge in [-0.1, -0.05) is 24.3 Å². The van der Waals surface area contributed by atoms with E-state index >= 15 is 0 Å². The Balaban J connectivity index is 2.21. The average Bonchev–Trinajstić information content (AvgIpc) is 2.40. The minimum Gasteiger partial charge on any atom is -0.378 e. The lowest BCUT2D eigenvalue weighted by Gasteiger charge is -2.20. The molecule has 2 aromatic carbocycles. The summed E-state index contributed by atoms with van der Waals surface area (Å²) < 4.78 is 26.8. The first kappa shape index (κ1) is 15.4. The van der Waals surface area contributed by atoms with Crippen LogP contribution in [0.2, 0.25) is 0 Å². The van der Waals surface area contributed by atoms with E-state index in [0.29, 0.717) is 5.56 Å². The molecule has 0 amide bonds. The van der Waals surface area contributed by atoms with Crippen molar-refractivity contribution in [3.05, 3.63) is 65.2 Å². The van der Waals surface area contributed by atoms with Gasteiger partial charge in [-0.25, -0.2) is 8.78 Å². The zero-order valence-electron chi connectivity index (χ0n) is 12.5. The van der Waals surface area contributed by atoms with E-state index in [1.165, 1.54) is 12.1 Å². The lowest BCUT2D eigenvalue weighted by molar-refractivity contribution is 0.403. The minimum atomic E-state index is -0.559. The van der Waals surface area contributed by atoms with Gasteiger partial charge >= 0.3 is 0 Å². The molecule has 0 heterocycles. The third kappa shape index (κ3) is 4.02. The van der Waals surface area contributed by atoms with Crippen molar-refractivity contribution in [2.24, 2.45) is 0 Å². The number of anilines is 1. The van der Waals surface area contributed by atoms with Crippen LogP contribution in [0.4, 0.5) is 14.5 Å². The van der Waals surface area contributed by atoms with Crippen LogP contribution in [0.3, 0.4) is 0 Å². The fourth-order valence-corrected chi connectivity index (χ4v) is 2.30. The standard InChI is InChI=1S/C17H20F2N2/c1-12(15-9-8-14(18)10-16(15)19)20-17-7-5-4-6-13(17)11-21(2)3/h4-10,12,20H,11H2,1-3H3. The lowest BCUT2D eigenvalue weighted by Crippen LogP contribution is -2.15. The molecular formula is C17H20F2N2. The molecule has 0 spiro atoms.